The van der Waals surface area contributed by atoms with Gasteiger partial charge in [-0.15, -0.1) is 0 Å². The van der Waals surface area contributed by atoms with Crippen LogP contribution in [0.15, 0.2) is 0 Å². The molecule has 1 nitrogen and oxygen atoms in total. The Morgan fingerprint density at radius 1 is 1.00 bits per heavy atom. The summed E-state index contributed by atoms with van der Waals surface area (Å²) in [5.74, 6) is 1.01. The molecule has 14 heavy (non-hydrogen) atoms. The van der Waals surface area contributed by atoms with Crippen LogP contribution in [0.4, 0.5) is 0 Å². The van der Waals surface area contributed by atoms with Crippen LogP contribution in [0.1, 0.15) is 51.4 Å². The summed E-state index contributed by atoms with van der Waals surface area (Å²) >= 11 is 2.57. The van der Waals surface area contributed by atoms with Gasteiger partial charge >= 0.3 is 0 Å². The highest BCUT2D eigenvalue weighted by molar-refractivity contribution is 14.1. The molecule has 0 N–H and O–H groups in total. The standard InChI is InChI=1S/C12H21IO/c13-11-6-1-2-7-12(11)14-9-8-10-4-3-5-10/h10-12H,1-9H2. The molecule has 0 radical (unpaired) electrons. The molecule has 82 valence electrons. The number of ether oxygens (including phenoxy) is 1. The minimum absolute atomic E-state index is 0.574. The maximum atomic E-state index is 5.99. The van der Waals surface area contributed by atoms with Crippen molar-refractivity contribution in [3.8, 4) is 0 Å². The predicted octanol–water partition coefficient (Wildman–Crippen LogP) is 3.94. The van der Waals surface area contributed by atoms with Crippen molar-refractivity contribution in [2.24, 2.45) is 5.92 Å². The Balaban J connectivity index is 1.58. The van der Waals surface area contributed by atoms with Crippen molar-refractivity contribution in [1.29, 1.82) is 0 Å². The minimum atomic E-state index is 0.574. The van der Waals surface area contributed by atoms with Gasteiger partial charge in [-0.25, -0.2) is 0 Å². The topological polar surface area (TPSA) is 9.23 Å². The fourth-order valence-corrected chi connectivity index (χ4v) is 3.41. The molecule has 2 heteroatoms. The van der Waals surface area contributed by atoms with Gasteiger partial charge < -0.3 is 4.74 Å². The third kappa shape index (κ3) is 3.09. The quantitative estimate of drug-likeness (QED) is 0.564. The van der Waals surface area contributed by atoms with Crippen molar-refractivity contribution in [2.45, 2.75) is 61.4 Å². The maximum absolute atomic E-state index is 5.99. The Bertz CT molecular complexity index is 168. The van der Waals surface area contributed by atoms with Crippen LogP contribution in [0.25, 0.3) is 0 Å². The minimum Gasteiger partial charge on any atom is -0.377 e. The van der Waals surface area contributed by atoms with E-state index in [9.17, 15) is 0 Å². The highest BCUT2D eigenvalue weighted by Crippen LogP contribution is 2.31. The second kappa shape index (κ2) is 5.69. The smallest absolute Gasteiger partial charge is 0.0692 e. The largest absolute Gasteiger partial charge is 0.377 e. The first kappa shape index (κ1) is 11.2. The van der Waals surface area contributed by atoms with Crippen LogP contribution < -0.4 is 0 Å². The van der Waals surface area contributed by atoms with Crippen molar-refractivity contribution in [2.75, 3.05) is 6.61 Å². The van der Waals surface area contributed by atoms with Crippen LogP contribution in [0.5, 0.6) is 0 Å². The molecule has 0 aromatic carbocycles. The first-order valence-corrected chi connectivity index (χ1v) is 7.36. The average Bonchev–Trinajstić information content (AvgIpc) is 2.12. The Labute approximate surface area is 101 Å². The number of hydrogen-bond donors (Lipinski definition) is 0. The number of hydrogen-bond acceptors (Lipinski definition) is 1. The zero-order valence-corrected chi connectivity index (χ0v) is 11.0. The van der Waals surface area contributed by atoms with Gasteiger partial charge in [0.15, 0.2) is 0 Å². The van der Waals surface area contributed by atoms with E-state index in [1.807, 2.05) is 0 Å². The van der Waals surface area contributed by atoms with Crippen LogP contribution >= 0.6 is 22.6 Å². The summed E-state index contributed by atoms with van der Waals surface area (Å²) in [5, 5.41) is 0. The van der Waals surface area contributed by atoms with Gasteiger partial charge in [-0.2, -0.15) is 0 Å². The Morgan fingerprint density at radius 3 is 2.43 bits per heavy atom. The van der Waals surface area contributed by atoms with Gasteiger partial charge in [0.2, 0.25) is 0 Å². The van der Waals surface area contributed by atoms with E-state index in [2.05, 4.69) is 22.6 Å². The summed E-state index contributed by atoms with van der Waals surface area (Å²) in [5.41, 5.74) is 0. The molecule has 0 spiro atoms. The normalized spacial score (nSPS) is 34.1. The van der Waals surface area contributed by atoms with Gasteiger partial charge in [0.05, 0.1) is 6.10 Å². The van der Waals surface area contributed by atoms with E-state index >= 15 is 0 Å². The summed E-state index contributed by atoms with van der Waals surface area (Å²) in [6.45, 7) is 1.02. The molecule has 0 bridgehead atoms. The molecule has 2 rings (SSSR count). The maximum Gasteiger partial charge on any atom is 0.0692 e. The van der Waals surface area contributed by atoms with E-state index in [0.717, 1.165) is 16.4 Å². The van der Waals surface area contributed by atoms with E-state index in [1.54, 1.807) is 0 Å². The molecule has 0 heterocycles. The average molecular weight is 308 g/mol. The van der Waals surface area contributed by atoms with Crippen LogP contribution in [0.2, 0.25) is 0 Å². The fraction of sp³-hybridized carbons (Fsp3) is 1.00. The Kier molecular flexibility index (Phi) is 4.54. The third-order valence-corrected chi connectivity index (χ3v) is 5.13. The highest BCUT2D eigenvalue weighted by Gasteiger charge is 2.24. The predicted molar refractivity (Wildman–Crippen MR) is 68.0 cm³/mol. The lowest BCUT2D eigenvalue weighted by Gasteiger charge is -2.30. The van der Waals surface area contributed by atoms with E-state index in [1.165, 1.54) is 51.4 Å². The van der Waals surface area contributed by atoms with Crippen molar-refractivity contribution < 1.29 is 4.74 Å². The zero-order chi connectivity index (χ0) is 9.80. The lowest BCUT2D eigenvalue weighted by molar-refractivity contribution is 0.0234. The molecular formula is C12H21IO. The lowest BCUT2D eigenvalue weighted by Crippen LogP contribution is -2.29. The second-order valence-electron chi connectivity index (χ2n) is 4.80. The van der Waals surface area contributed by atoms with Crippen molar-refractivity contribution in [1.82, 2.24) is 0 Å². The summed E-state index contributed by atoms with van der Waals surface area (Å²) in [7, 11) is 0. The van der Waals surface area contributed by atoms with Gasteiger partial charge in [0, 0.05) is 10.5 Å². The molecule has 2 saturated carbocycles. The van der Waals surface area contributed by atoms with E-state index in [0.29, 0.717) is 6.10 Å². The molecule has 2 aliphatic carbocycles. The van der Waals surface area contributed by atoms with Crippen molar-refractivity contribution in [3.05, 3.63) is 0 Å². The molecule has 2 fully saturated rings. The summed E-state index contributed by atoms with van der Waals surface area (Å²) < 4.78 is 6.77. The molecule has 0 amide bonds. The zero-order valence-electron chi connectivity index (χ0n) is 8.88. The monoisotopic (exact) mass is 308 g/mol. The van der Waals surface area contributed by atoms with Gasteiger partial charge in [-0.05, 0) is 25.2 Å². The van der Waals surface area contributed by atoms with E-state index < -0.39 is 0 Å². The van der Waals surface area contributed by atoms with Crippen LogP contribution in [0.3, 0.4) is 0 Å². The molecule has 2 aliphatic rings. The highest BCUT2D eigenvalue weighted by atomic mass is 127. The summed E-state index contributed by atoms with van der Waals surface area (Å²) in [6, 6.07) is 0. The molecule has 2 unspecified atom stereocenters. The van der Waals surface area contributed by atoms with Crippen molar-refractivity contribution >= 4 is 22.6 Å². The van der Waals surface area contributed by atoms with Crippen molar-refractivity contribution in [3.63, 3.8) is 0 Å². The summed E-state index contributed by atoms with van der Waals surface area (Å²) in [6.07, 6.45) is 11.7. The van der Waals surface area contributed by atoms with Gasteiger partial charge in [-0.3, -0.25) is 0 Å². The van der Waals surface area contributed by atoms with Gasteiger partial charge in [-0.1, -0.05) is 54.7 Å². The van der Waals surface area contributed by atoms with Crippen LogP contribution in [-0.4, -0.2) is 16.6 Å². The first-order valence-electron chi connectivity index (χ1n) is 6.12. The molecule has 2 atom stereocenters. The number of halogens is 1. The number of rotatable bonds is 4. The molecular weight excluding hydrogens is 287 g/mol. The van der Waals surface area contributed by atoms with Crippen LogP contribution in [0, 0.1) is 5.92 Å². The van der Waals surface area contributed by atoms with E-state index in [4.69, 9.17) is 4.74 Å². The molecule has 0 aliphatic heterocycles. The SMILES string of the molecule is IC1CCCCC1OCCC1CCC1. The molecule has 0 aromatic heterocycles. The molecule has 0 aromatic rings. The Morgan fingerprint density at radius 2 is 1.79 bits per heavy atom. The molecule has 0 saturated heterocycles. The lowest BCUT2D eigenvalue weighted by atomic mass is 9.83. The third-order valence-electron chi connectivity index (χ3n) is 3.70. The number of alkyl halides is 1. The van der Waals surface area contributed by atoms with Crippen LogP contribution in [-0.2, 0) is 4.74 Å². The summed E-state index contributed by atoms with van der Waals surface area (Å²) in [4.78, 5) is 0. The van der Waals surface area contributed by atoms with Gasteiger partial charge in [0.25, 0.3) is 0 Å². The van der Waals surface area contributed by atoms with E-state index in [-0.39, 0.29) is 0 Å². The van der Waals surface area contributed by atoms with Gasteiger partial charge in [0.1, 0.15) is 0 Å². The Hall–Kier alpha value is 0.690. The second-order valence-corrected chi connectivity index (χ2v) is 6.40. The fourth-order valence-electron chi connectivity index (χ4n) is 2.41. The first-order chi connectivity index (χ1) is 6.86.